The molecule has 0 fully saturated rings. The topological polar surface area (TPSA) is 0 Å². The first-order valence-electron chi connectivity index (χ1n) is 21.7. The molecule has 0 amide bonds. The fourth-order valence-electron chi connectivity index (χ4n) is 7.85. The Morgan fingerprint density at radius 2 is 0.444 bits per heavy atom. The second-order valence-electron chi connectivity index (χ2n) is 15.2. The van der Waals surface area contributed by atoms with Crippen LogP contribution in [-0.2, 0) is 0 Å². The smallest absolute Gasteiger partial charge is 0.00966 e. The van der Waals surface area contributed by atoms with Gasteiger partial charge >= 0.3 is 0 Å². The fraction of sp³-hybridized carbons (Fsp3) is 0.911. The van der Waals surface area contributed by atoms with E-state index in [0.717, 1.165) is 0 Å². The van der Waals surface area contributed by atoms with Gasteiger partial charge in [-0.05, 0) is 68.9 Å². The van der Waals surface area contributed by atoms with E-state index in [1.54, 1.807) is 0 Å². The second-order valence-corrected chi connectivity index (χ2v) is 15.2. The lowest BCUT2D eigenvalue weighted by molar-refractivity contribution is 0.566. The van der Waals surface area contributed by atoms with Crippen LogP contribution in [0.2, 0.25) is 0 Å². The van der Waals surface area contributed by atoms with E-state index in [1.165, 1.54) is 238 Å². The van der Waals surface area contributed by atoms with Crippen molar-refractivity contribution in [3.05, 3.63) is 22.3 Å². The minimum absolute atomic E-state index is 1.37. The third-order valence-electron chi connectivity index (χ3n) is 10.9. The van der Waals surface area contributed by atoms with Crippen molar-refractivity contribution in [2.75, 3.05) is 0 Å². The minimum atomic E-state index is 1.37. The Labute approximate surface area is 286 Å². The summed E-state index contributed by atoms with van der Waals surface area (Å²) in [6.45, 7) is 9.34. The number of rotatable bonds is 36. The van der Waals surface area contributed by atoms with Crippen LogP contribution in [0.1, 0.15) is 265 Å². The molecule has 0 aromatic rings. The molecule has 45 heavy (non-hydrogen) atoms. The molecule has 0 radical (unpaired) electrons. The van der Waals surface area contributed by atoms with Crippen LogP contribution in [0.15, 0.2) is 22.3 Å². The highest BCUT2D eigenvalue weighted by atomic mass is 14.3. The molecule has 0 aliphatic heterocycles. The van der Waals surface area contributed by atoms with Gasteiger partial charge in [-0.15, -0.1) is 0 Å². The summed E-state index contributed by atoms with van der Waals surface area (Å²) in [5.41, 5.74) is 7.63. The standard InChI is InChI=1S/C45H86/c1-5-9-13-17-21-25-29-33-37-42-41-43(38-34-30-26-22-18-14-10-6-2)45(40-36-32-28-24-20-16-12-8-4)44(42)39-35-31-27-23-19-15-11-7-3/h5-41H2,1-4H3. The summed E-state index contributed by atoms with van der Waals surface area (Å²) < 4.78 is 0. The minimum Gasteiger partial charge on any atom is -0.0654 e. The number of hydrogen-bond donors (Lipinski definition) is 0. The lowest BCUT2D eigenvalue weighted by Crippen LogP contribution is -1.95. The third-order valence-corrected chi connectivity index (χ3v) is 10.9. The maximum Gasteiger partial charge on any atom is -0.00966 e. The molecule has 266 valence electrons. The largest absolute Gasteiger partial charge is 0.0654 e. The normalized spacial score (nSPS) is 13.6. The van der Waals surface area contributed by atoms with Gasteiger partial charge in [0.2, 0.25) is 0 Å². The molecule has 0 nitrogen and oxygen atoms in total. The van der Waals surface area contributed by atoms with Gasteiger partial charge < -0.3 is 0 Å². The molecule has 1 rings (SSSR count). The maximum atomic E-state index is 2.34. The summed E-state index contributed by atoms with van der Waals surface area (Å²) in [4.78, 5) is 0. The van der Waals surface area contributed by atoms with E-state index in [1.807, 2.05) is 22.3 Å². The molecule has 0 atom stereocenters. The molecule has 0 N–H and O–H groups in total. The van der Waals surface area contributed by atoms with E-state index in [4.69, 9.17) is 0 Å². The molecular formula is C45H86. The Bertz CT molecular complexity index is 620. The number of allylic oxidation sites excluding steroid dienone is 4. The molecule has 0 heteroatoms. The molecule has 0 heterocycles. The van der Waals surface area contributed by atoms with E-state index in [-0.39, 0.29) is 0 Å². The van der Waals surface area contributed by atoms with Crippen LogP contribution >= 0.6 is 0 Å². The monoisotopic (exact) mass is 627 g/mol. The van der Waals surface area contributed by atoms with E-state index >= 15 is 0 Å². The van der Waals surface area contributed by atoms with E-state index in [0.29, 0.717) is 0 Å². The zero-order chi connectivity index (χ0) is 32.5. The highest BCUT2D eigenvalue weighted by molar-refractivity contribution is 5.47. The lowest BCUT2D eigenvalue weighted by Gasteiger charge is -2.14. The van der Waals surface area contributed by atoms with Crippen LogP contribution in [0.4, 0.5) is 0 Å². The van der Waals surface area contributed by atoms with Crippen molar-refractivity contribution >= 4 is 0 Å². The first kappa shape index (κ1) is 42.5. The van der Waals surface area contributed by atoms with Crippen LogP contribution in [0.3, 0.4) is 0 Å². The Hall–Kier alpha value is -0.520. The lowest BCUT2D eigenvalue weighted by atomic mass is 9.91. The highest BCUT2D eigenvalue weighted by Crippen LogP contribution is 2.42. The summed E-state index contributed by atoms with van der Waals surface area (Å²) in [5.74, 6) is 0. The van der Waals surface area contributed by atoms with Crippen molar-refractivity contribution in [1.82, 2.24) is 0 Å². The quantitative estimate of drug-likeness (QED) is 0.0607. The molecule has 0 unspecified atom stereocenters. The Kier molecular flexibility index (Phi) is 31.5. The molecule has 0 aromatic carbocycles. The van der Waals surface area contributed by atoms with Gasteiger partial charge in [-0.25, -0.2) is 0 Å². The summed E-state index contributed by atoms with van der Waals surface area (Å²) in [6.07, 6.45) is 53.2. The van der Waals surface area contributed by atoms with Crippen LogP contribution < -0.4 is 0 Å². The zero-order valence-corrected chi connectivity index (χ0v) is 32.2. The maximum absolute atomic E-state index is 2.34. The van der Waals surface area contributed by atoms with E-state index in [2.05, 4.69) is 27.7 Å². The van der Waals surface area contributed by atoms with E-state index < -0.39 is 0 Å². The van der Waals surface area contributed by atoms with Crippen LogP contribution in [0, 0.1) is 0 Å². The van der Waals surface area contributed by atoms with Gasteiger partial charge in [-0.2, -0.15) is 0 Å². The first-order valence-corrected chi connectivity index (χ1v) is 21.7. The van der Waals surface area contributed by atoms with Crippen molar-refractivity contribution in [2.24, 2.45) is 0 Å². The Morgan fingerprint density at radius 3 is 0.689 bits per heavy atom. The van der Waals surface area contributed by atoms with Crippen molar-refractivity contribution in [1.29, 1.82) is 0 Å². The molecule has 0 bridgehead atoms. The SMILES string of the molecule is CCCCCCCCCCC1=C(CCCCCCCCCC)C(CCCCCCCCCC)=C(CCCCCCCCCC)C1. The van der Waals surface area contributed by atoms with Gasteiger partial charge in [-0.3, -0.25) is 0 Å². The van der Waals surface area contributed by atoms with E-state index in [9.17, 15) is 0 Å². The average molecular weight is 627 g/mol. The van der Waals surface area contributed by atoms with Crippen molar-refractivity contribution < 1.29 is 0 Å². The predicted molar refractivity (Wildman–Crippen MR) is 208 cm³/mol. The molecule has 1 aliphatic rings. The van der Waals surface area contributed by atoms with Crippen LogP contribution in [-0.4, -0.2) is 0 Å². The predicted octanol–water partition coefficient (Wildman–Crippen LogP) is 17.1. The fourth-order valence-corrected chi connectivity index (χ4v) is 7.85. The summed E-state index contributed by atoms with van der Waals surface area (Å²) in [7, 11) is 0. The summed E-state index contributed by atoms with van der Waals surface area (Å²) in [6, 6.07) is 0. The average Bonchev–Trinajstić information content (AvgIpc) is 3.37. The summed E-state index contributed by atoms with van der Waals surface area (Å²) >= 11 is 0. The van der Waals surface area contributed by atoms with Gasteiger partial charge in [-0.1, -0.05) is 219 Å². The molecule has 1 aliphatic carbocycles. The third kappa shape index (κ3) is 24.3. The first-order chi connectivity index (χ1) is 22.3. The van der Waals surface area contributed by atoms with Crippen molar-refractivity contribution in [3.63, 3.8) is 0 Å². The Balaban J connectivity index is 2.74. The van der Waals surface area contributed by atoms with Crippen LogP contribution in [0.5, 0.6) is 0 Å². The molecule has 0 aromatic heterocycles. The van der Waals surface area contributed by atoms with Gasteiger partial charge in [0.1, 0.15) is 0 Å². The van der Waals surface area contributed by atoms with Crippen LogP contribution in [0.25, 0.3) is 0 Å². The number of unbranched alkanes of at least 4 members (excludes halogenated alkanes) is 28. The summed E-state index contributed by atoms with van der Waals surface area (Å²) in [5, 5.41) is 0. The zero-order valence-electron chi connectivity index (χ0n) is 32.2. The molecule has 0 saturated carbocycles. The van der Waals surface area contributed by atoms with Crippen molar-refractivity contribution in [2.45, 2.75) is 265 Å². The Morgan fingerprint density at radius 1 is 0.244 bits per heavy atom. The van der Waals surface area contributed by atoms with Gasteiger partial charge in [0.25, 0.3) is 0 Å². The van der Waals surface area contributed by atoms with Gasteiger partial charge in [0.05, 0.1) is 0 Å². The van der Waals surface area contributed by atoms with Gasteiger partial charge in [0.15, 0.2) is 0 Å². The van der Waals surface area contributed by atoms with Gasteiger partial charge in [0, 0.05) is 0 Å². The highest BCUT2D eigenvalue weighted by Gasteiger charge is 2.23. The second kappa shape index (κ2) is 33.4. The molecule has 0 spiro atoms. The molecular weight excluding hydrogens is 540 g/mol. The van der Waals surface area contributed by atoms with Crippen molar-refractivity contribution in [3.8, 4) is 0 Å². The molecule has 0 saturated heterocycles. The number of hydrogen-bond acceptors (Lipinski definition) is 0.